The zero-order valence-corrected chi connectivity index (χ0v) is 12.7. The molecule has 21 heavy (non-hydrogen) atoms. The van der Waals surface area contributed by atoms with Crippen LogP contribution in [0.4, 0.5) is 0 Å². The fourth-order valence-corrected chi connectivity index (χ4v) is 2.35. The van der Waals surface area contributed by atoms with Gasteiger partial charge in [-0.05, 0) is 36.8 Å². The Kier molecular flexibility index (Phi) is 4.66. The summed E-state index contributed by atoms with van der Waals surface area (Å²) in [5.74, 6) is 1.31. The van der Waals surface area contributed by atoms with Crippen molar-refractivity contribution in [2.45, 2.75) is 24.6 Å². The first kappa shape index (κ1) is 15.6. The molecule has 2 aromatic rings. The first-order chi connectivity index (χ1) is 9.90. The number of sulfonamides is 1. The quantitative estimate of drug-likeness (QED) is 0.848. The third-order valence-corrected chi connectivity index (χ3v) is 3.90. The van der Waals surface area contributed by atoms with Gasteiger partial charge in [0.05, 0.1) is 13.7 Å². The average Bonchev–Trinajstić information content (AvgIpc) is 2.94. The molecule has 3 N–H and O–H groups in total. The second-order valence-corrected chi connectivity index (χ2v) is 6.13. The van der Waals surface area contributed by atoms with Gasteiger partial charge in [0.2, 0.25) is 5.09 Å². The molecular formula is C14H18N2O4S. The minimum absolute atomic E-state index is 0.0824. The van der Waals surface area contributed by atoms with Gasteiger partial charge in [0.25, 0.3) is 10.0 Å². The van der Waals surface area contributed by atoms with Crippen LogP contribution in [-0.2, 0) is 16.6 Å². The van der Waals surface area contributed by atoms with E-state index in [1.165, 1.54) is 6.07 Å². The van der Waals surface area contributed by atoms with Gasteiger partial charge < -0.3 is 14.5 Å². The van der Waals surface area contributed by atoms with E-state index in [1.807, 2.05) is 31.2 Å². The molecule has 0 aliphatic carbocycles. The Bertz CT molecular complexity index is 692. The monoisotopic (exact) mass is 310 g/mol. The van der Waals surface area contributed by atoms with Gasteiger partial charge >= 0.3 is 0 Å². The van der Waals surface area contributed by atoms with Crippen molar-refractivity contribution in [2.75, 3.05) is 7.11 Å². The predicted octanol–water partition coefficient (Wildman–Crippen LogP) is 1.79. The molecule has 1 heterocycles. The maximum absolute atomic E-state index is 11.1. The zero-order valence-electron chi connectivity index (χ0n) is 11.9. The van der Waals surface area contributed by atoms with Crippen LogP contribution >= 0.6 is 0 Å². The van der Waals surface area contributed by atoms with Gasteiger partial charge in [0, 0.05) is 6.04 Å². The predicted molar refractivity (Wildman–Crippen MR) is 78.3 cm³/mol. The Balaban J connectivity index is 1.97. The summed E-state index contributed by atoms with van der Waals surface area (Å²) in [6.07, 6.45) is 0. The summed E-state index contributed by atoms with van der Waals surface area (Å²) in [6.45, 7) is 2.41. The highest BCUT2D eigenvalue weighted by Crippen LogP contribution is 2.18. The van der Waals surface area contributed by atoms with Crippen molar-refractivity contribution in [1.82, 2.24) is 5.32 Å². The molecule has 0 fully saturated rings. The van der Waals surface area contributed by atoms with E-state index < -0.39 is 10.0 Å². The smallest absolute Gasteiger partial charge is 0.271 e. The van der Waals surface area contributed by atoms with Crippen molar-refractivity contribution >= 4 is 10.0 Å². The molecule has 0 unspecified atom stereocenters. The maximum atomic E-state index is 11.1. The number of methoxy groups -OCH3 is 1. The topological polar surface area (TPSA) is 94.6 Å². The van der Waals surface area contributed by atoms with Crippen LogP contribution in [0.2, 0.25) is 0 Å². The van der Waals surface area contributed by atoms with Crippen LogP contribution in [0.1, 0.15) is 24.3 Å². The lowest BCUT2D eigenvalue weighted by atomic mass is 10.1. The molecule has 0 amide bonds. The lowest BCUT2D eigenvalue weighted by Crippen LogP contribution is -2.17. The third kappa shape index (κ3) is 4.07. The summed E-state index contributed by atoms with van der Waals surface area (Å²) in [5, 5.41) is 8.01. The van der Waals surface area contributed by atoms with E-state index in [4.69, 9.17) is 14.3 Å². The summed E-state index contributed by atoms with van der Waals surface area (Å²) in [5.41, 5.74) is 1.09. The third-order valence-electron chi connectivity index (χ3n) is 3.12. The Hall–Kier alpha value is -1.83. The largest absolute Gasteiger partial charge is 0.497 e. The minimum atomic E-state index is -3.79. The average molecular weight is 310 g/mol. The fourth-order valence-electron chi connectivity index (χ4n) is 1.87. The fraction of sp³-hybridized carbons (Fsp3) is 0.286. The Labute approximate surface area is 124 Å². The number of hydrogen-bond acceptors (Lipinski definition) is 5. The van der Waals surface area contributed by atoms with E-state index in [0.717, 1.165) is 11.3 Å². The summed E-state index contributed by atoms with van der Waals surface area (Å²) in [6, 6.07) is 10.7. The maximum Gasteiger partial charge on any atom is 0.271 e. The number of rotatable bonds is 6. The van der Waals surface area contributed by atoms with Gasteiger partial charge in [-0.25, -0.2) is 13.6 Å². The van der Waals surface area contributed by atoms with Crippen LogP contribution in [0.3, 0.4) is 0 Å². The van der Waals surface area contributed by atoms with E-state index in [-0.39, 0.29) is 11.1 Å². The molecule has 0 aliphatic rings. The Morgan fingerprint density at radius 1 is 1.24 bits per heavy atom. The van der Waals surface area contributed by atoms with Gasteiger partial charge in [-0.3, -0.25) is 0 Å². The summed E-state index contributed by atoms with van der Waals surface area (Å²) in [4.78, 5) is 0. The Morgan fingerprint density at radius 2 is 1.90 bits per heavy atom. The SMILES string of the molecule is COc1ccc([C@H](C)NCc2ccc(S(N)(=O)=O)o2)cc1. The van der Waals surface area contributed by atoms with Crippen molar-refractivity contribution in [3.05, 3.63) is 47.7 Å². The van der Waals surface area contributed by atoms with Gasteiger partial charge in [0.1, 0.15) is 11.5 Å². The molecule has 7 heteroatoms. The van der Waals surface area contributed by atoms with Gasteiger partial charge in [-0.2, -0.15) is 0 Å². The van der Waals surface area contributed by atoms with Crippen LogP contribution in [0, 0.1) is 0 Å². The van der Waals surface area contributed by atoms with E-state index in [9.17, 15) is 8.42 Å². The number of ether oxygens (including phenoxy) is 1. The molecule has 2 rings (SSSR count). The van der Waals surface area contributed by atoms with Crippen molar-refractivity contribution in [1.29, 1.82) is 0 Å². The number of benzene rings is 1. The van der Waals surface area contributed by atoms with Crippen molar-refractivity contribution < 1.29 is 17.6 Å². The molecule has 6 nitrogen and oxygen atoms in total. The van der Waals surface area contributed by atoms with E-state index in [2.05, 4.69) is 5.32 Å². The van der Waals surface area contributed by atoms with E-state index in [1.54, 1.807) is 13.2 Å². The molecule has 0 aliphatic heterocycles. The van der Waals surface area contributed by atoms with Crippen molar-refractivity contribution in [3.63, 3.8) is 0 Å². The molecule has 1 aromatic carbocycles. The molecule has 1 atom stereocenters. The zero-order chi connectivity index (χ0) is 15.5. The van der Waals surface area contributed by atoms with Gasteiger partial charge in [-0.1, -0.05) is 12.1 Å². The van der Waals surface area contributed by atoms with Crippen LogP contribution < -0.4 is 15.2 Å². The second-order valence-electron chi connectivity index (χ2n) is 4.64. The van der Waals surface area contributed by atoms with Crippen LogP contribution in [-0.4, -0.2) is 15.5 Å². The number of hydrogen-bond donors (Lipinski definition) is 2. The molecule has 0 saturated carbocycles. The molecule has 114 valence electrons. The molecule has 0 bridgehead atoms. The number of nitrogens with one attached hydrogen (secondary N) is 1. The van der Waals surface area contributed by atoms with Gasteiger partial charge in [-0.15, -0.1) is 0 Å². The molecule has 0 radical (unpaired) electrons. The van der Waals surface area contributed by atoms with Gasteiger partial charge in [0.15, 0.2) is 0 Å². The number of primary sulfonamides is 1. The van der Waals surface area contributed by atoms with Crippen molar-refractivity contribution in [2.24, 2.45) is 5.14 Å². The van der Waals surface area contributed by atoms with Crippen LogP contribution in [0.25, 0.3) is 0 Å². The highest BCUT2D eigenvalue weighted by molar-refractivity contribution is 7.89. The lowest BCUT2D eigenvalue weighted by Gasteiger charge is -2.13. The Morgan fingerprint density at radius 3 is 2.43 bits per heavy atom. The molecule has 0 spiro atoms. The second kappa shape index (κ2) is 6.30. The number of nitrogens with two attached hydrogens (primary N) is 1. The molecule has 1 aromatic heterocycles. The molecule has 0 saturated heterocycles. The van der Waals surface area contributed by atoms with E-state index in [0.29, 0.717) is 12.3 Å². The normalized spacial score (nSPS) is 13.1. The number of furan rings is 1. The van der Waals surface area contributed by atoms with Crippen molar-refractivity contribution in [3.8, 4) is 5.75 Å². The van der Waals surface area contributed by atoms with Crippen LogP contribution in [0.5, 0.6) is 5.75 Å². The summed E-state index contributed by atoms with van der Waals surface area (Å²) >= 11 is 0. The van der Waals surface area contributed by atoms with E-state index >= 15 is 0 Å². The van der Waals surface area contributed by atoms with Crippen LogP contribution in [0.15, 0.2) is 45.9 Å². The summed E-state index contributed by atoms with van der Waals surface area (Å²) < 4.78 is 32.5. The highest BCUT2D eigenvalue weighted by Gasteiger charge is 2.13. The molecular weight excluding hydrogens is 292 g/mol. The first-order valence-corrected chi connectivity index (χ1v) is 7.93. The first-order valence-electron chi connectivity index (χ1n) is 6.39. The summed E-state index contributed by atoms with van der Waals surface area (Å²) in [7, 11) is -2.17. The minimum Gasteiger partial charge on any atom is -0.497 e. The highest BCUT2D eigenvalue weighted by atomic mass is 32.2. The lowest BCUT2D eigenvalue weighted by molar-refractivity contribution is 0.393. The standard InChI is InChI=1S/C14H18N2O4S/c1-10(11-3-5-12(19-2)6-4-11)16-9-13-7-8-14(20-13)21(15,17)18/h3-8,10,16H,9H2,1-2H3,(H2,15,17,18)/t10-/m0/s1.